The van der Waals surface area contributed by atoms with Crippen molar-refractivity contribution in [2.24, 2.45) is 0 Å². The molecule has 0 amide bonds. The third-order valence-corrected chi connectivity index (χ3v) is 1.75. The molecule has 0 aliphatic heterocycles. The fourth-order valence-corrected chi connectivity index (χ4v) is 0.981. The van der Waals surface area contributed by atoms with Crippen molar-refractivity contribution in [3.05, 3.63) is 35.4 Å². The molecule has 64 valence electrons. The van der Waals surface area contributed by atoms with Gasteiger partial charge in [0.05, 0.1) is 0 Å². The van der Waals surface area contributed by atoms with E-state index in [1.807, 2.05) is 6.92 Å². The quantitative estimate of drug-likeness (QED) is 0.562. The van der Waals surface area contributed by atoms with Crippen LogP contribution in [0.2, 0.25) is 0 Å². The van der Waals surface area contributed by atoms with E-state index in [0.29, 0.717) is 5.56 Å². The molecule has 0 spiro atoms. The molecule has 3 heteroatoms. The number of rotatable bonds is 2. The summed E-state index contributed by atoms with van der Waals surface area (Å²) in [7, 11) is 0. The molecule has 0 aromatic heterocycles. The number of carbonyl (C=O) groups is 1. The average Bonchev–Trinajstić information content (AvgIpc) is 2.04. The highest BCUT2D eigenvalue weighted by atomic mass is 35.5. The van der Waals surface area contributed by atoms with Crippen LogP contribution in [0.3, 0.4) is 0 Å². The first-order valence-electron chi connectivity index (χ1n) is 3.54. The summed E-state index contributed by atoms with van der Waals surface area (Å²) >= 11 is 5.21. The molecular formula is C9H9ClO2. The first kappa shape index (κ1) is 9.23. The summed E-state index contributed by atoms with van der Waals surface area (Å²) in [5.74, 6) is -0.461. The van der Waals surface area contributed by atoms with Gasteiger partial charge in [-0.05, 0) is 6.92 Å². The highest BCUT2D eigenvalue weighted by Crippen LogP contribution is 2.07. The van der Waals surface area contributed by atoms with Gasteiger partial charge in [-0.2, -0.15) is 0 Å². The van der Waals surface area contributed by atoms with Crippen LogP contribution in [0, 0.1) is 6.92 Å². The minimum atomic E-state index is -1.44. The Morgan fingerprint density at radius 3 is 2.33 bits per heavy atom. The molecule has 1 aromatic rings. The minimum Gasteiger partial charge on any atom is -0.371 e. The smallest absolute Gasteiger partial charge is 0.206 e. The largest absolute Gasteiger partial charge is 0.371 e. The van der Waals surface area contributed by atoms with Crippen LogP contribution < -0.4 is 0 Å². The predicted molar refractivity (Wildman–Crippen MR) is 47.4 cm³/mol. The second kappa shape index (κ2) is 3.70. The van der Waals surface area contributed by atoms with Gasteiger partial charge in [0.1, 0.15) is 0 Å². The number of aliphatic hydroxyl groups excluding tert-OH is 1. The fourth-order valence-electron chi connectivity index (χ4n) is 0.855. The van der Waals surface area contributed by atoms with Crippen LogP contribution in [0.15, 0.2) is 24.3 Å². The monoisotopic (exact) mass is 184 g/mol. The van der Waals surface area contributed by atoms with Crippen LogP contribution >= 0.6 is 11.6 Å². The van der Waals surface area contributed by atoms with Gasteiger partial charge >= 0.3 is 0 Å². The molecule has 0 bridgehead atoms. The molecule has 0 radical (unpaired) electrons. The number of benzene rings is 1. The van der Waals surface area contributed by atoms with Crippen molar-refractivity contribution in [3.63, 3.8) is 0 Å². The van der Waals surface area contributed by atoms with Gasteiger partial charge < -0.3 is 5.11 Å². The Morgan fingerprint density at radius 1 is 1.42 bits per heavy atom. The van der Waals surface area contributed by atoms with E-state index in [9.17, 15) is 4.79 Å². The van der Waals surface area contributed by atoms with Crippen molar-refractivity contribution < 1.29 is 9.90 Å². The molecule has 0 aliphatic rings. The van der Waals surface area contributed by atoms with Crippen LogP contribution in [0.25, 0.3) is 0 Å². The summed E-state index contributed by atoms with van der Waals surface area (Å²) in [5.41, 5.74) is 0.0615. The zero-order valence-corrected chi connectivity index (χ0v) is 7.38. The maximum Gasteiger partial charge on any atom is 0.206 e. The van der Waals surface area contributed by atoms with Crippen LogP contribution in [0.4, 0.5) is 0 Å². The Labute approximate surface area is 75.8 Å². The van der Waals surface area contributed by atoms with Gasteiger partial charge in [0.2, 0.25) is 5.78 Å². The standard InChI is InChI=1S/C9H9ClO2/c1-6-2-4-7(5-3-6)8(11)9(10)12/h2-5,9,12H,1H3. The van der Waals surface area contributed by atoms with E-state index in [4.69, 9.17) is 16.7 Å². The maximum absolute atomic E-state index is 11.1. The lowest BCUT2D eigenvalue weighted by molar-refractivity contribution is 0.0860. The Balaban J connectivity index is 2.90. The number of alkyl halides is 1. The summed E-state index contributed by atoms with van der Waals surface area (Å²) in [6.45, 7) is 1.92. The van der Waals surface area contributed by atoms with Crippen molar-refractivity contribution in [1.82, 2.24) is 0 Å². The predicted octanol–water partition coefficient (Wildman–Crippen LogP) is 1.73. The summed E-state index contributed by atoms with van der Waals surface area (Å²) < 4.78 is 0. The molecule has 0 fully saturated rings. The minimum absolute atomic E-state index is 0.433. The lowest BCUT2D eigenvalue weighted by Gasteiger charge is -2.01. The Bertz CT molecular complexity index is 277. The number of carbonyl (C=O) groups excluding carboxylic acids is 1. The van der Waals surface area contributed by atoms with Gasteiger partial charge in [-0.15, -0.1) is 0 Å². The number of aryl methyl sites for hydroxylation is 1. The number of aliphatic hydroxyl groups is 1. The molecule has 1 unspecified atom stereocenters. The zero-order valence-electron chi connectivity index (χ0n) is 6.62. The number of hydrogen-bond donors (Lipinski definition) is 1. The molecular weight excluding hydrogens is 176 g/mol. The van der Waals surface area contributed by atoms with E-state index >= 15 is 0 Å². The van der Waals surface area contributed by atoms with Crippen LogP contribution in [0.1, 0.15) is 15.9 Å². The molecule has 2 nitrogen and oxygen atoms in total. The van der Waals surface area contributed by atoms with E-state index in [0.717, 1.165) is 5.56 Å². The van der Waals surface area contributed by atoms with Gasteiger partial charge in [0.15, 0.2) is 5.56 Å². The lowest BCUT2D eigenvalue weighted by Crippen LogP contribution is -2.13. The van der Waals surface area contributed by atoms with Crippen LogP contribution in [0.5, 0.6) is 0 Å². The third-order valence-electron chi connectivity index (χ3n) is 1.55. The number of hydrogen-bond acceptors (Lipinski definition) is 2. The number of ketones is 1. The van der Waals surface area contributed by atoms with E-state index in [-0.39, 0.29) is 0 Å². The summed E-state index contributed by atoms with van der Waals surface area (Å²) in [4.78, 5) is 11.1. The molecule has 1 rings (SSSR count). The van der Waals surface area contributed by atoms with Crippen molar-refractivity contribution >= 4 is 17.4 Å². The molecule has 1 atom stereocenters. The van der Waals surface area contributed by atoms with Gasteiger partial charge in [0, 0.05) is 5.56 Å². The van der Waals surface area contributed by atoms with Gasteiger partial charge in [0.25, 0.3) is 0 Å². The average molecular weight is 185 g/mol. The Morgan fingerprint density at radius 2 is 1.92 bits per heavy atom. The van der Waals surface area contributed by atoms with Crippen LogP contribution in [-0.2, 0) is 0 Å². The number of halogens is 1. The molecule has 0 saturated heterocycles. The first-order valence-corrected chi connectivity index (χ1v) is 3.98. The second-order valence-electron chi connectivity index (χ2n) is 2.57. The lowest BCUT2D eigenvalue weighted by atomic mass is 10.1. The normalized spacial score (nSPS) is 12.6. The first-order chi connectivity index (χ1) is 5.61. The van der Waals surface area contributed by atoms with E-state index in [2.05, 4.69) is 0 Å². The van der Waals surface area contributed by atoms with Crippen molar-refractivity contribution in [1.29, 1.82) is 0 Å². The molecule has 0 heterocycles. The van der Waals surface area contributed by atoms with Crippen LogP contribution in [-0.4, -0.2) is 16.5 Å². The SMILES string of the molecule is Cc1ccc(C(=O)C(O)Cl)cc1. The summed E-state index contributed by atoms with van der Waals surface area (Å²) in [6.07, 6.45) is 0. The number of Topliss-reactive ketones (excluding diaryl/α,β-unsaturated/α-hetero) is 1. The van der Waals surface area contributed by atoms with Crippen molar-refractivity contribution in [3.8, 4) is 0 Å². The topological polar surface area (TPSA) is 37.3 Å². The maximum atomic E-state index is 11.1. The van der Waals surface area contributed by atoms with Crippen molar-refractivity contribution in [2.75, 3.05) is 0 Å². The van der Waals surface area contributed by atoms with E-state index in [1.54, 1.807) is 24.3 Å². The fraction of sp³-hybridized carbons (Fsp3) is 0.222. The van der Waals surface area contributed by atoms with Gasteiger partial charge in [-0.25, -0.2) is 0 Å². The van der Waals surface area contributed by atoms with E-state index in [1.165, 1.54) is 0 Å². The Hall–Kier alpha value is -0.860. The zero-order chi connectivity index (χ0) is 9.14. The molecule has 1 N–H and O–H groups in total. The molecule has 1 aromatic carbocycles. The highest BCUT2D eigenvalue weighted by molar-refractivity contribution is 6.32. The molecule has 0 aliphatic carbocycles. The summed E-state index contributed by atoms with van der Waals surface area (Å²) in [6, 6.07) is 6.88. The summed E-state index contributed by atoms with van der Waals surface area (Å²) in [5, 5.41) is 8.76. The van der Waals surface area contributed by atoms with Crippen molar-refractivity contribution in [2.45, 2.75) is 12.5 Å². The molecule has 12 heavy (non-hydrogen) atoms. The second-order valence-corrected chi connectivity index (χ2v) is 2.98. The van der Waals surface area contributed by atoms with Gasteiger partial charge in [-0.1, -0.05) is 41.4 Å². The van der Waals surface area contributed by atoms with Gasteiger partial charge in [-0.3, -0.25) is 4.79 Å². The van der Waals surface area contributed by atoms with E-state index < -0.39 is 11.3 Å². The Kier molecular flexibility index (Phi) is 2.84. The highest BCUT2D eigenvalue weighted by Gasteiger charge is 2.12. The third kappa shape index (κ3) is 2.06. The molecule has 0 saturated carbocycles.